The molecule has 2 N–H and O–H groups in total. The second-order valence-corrected chi connectivity index (χ2v) is 5.40. The first-order valence-corrected chi connectivity index (χ1v) is 6.79. The quantitative estimate of drug-likeness (QED) is 0.863. The van der Waals surface area contributed by atoms with Crippen LogP contribution in [-0.4, -0.2) is 33.0 Å². The van der Waals surface area contributed by atoms with Crippen molar-refractivity contribution in [1.82, 2.24) is 14.7 Å². The summed E-state index contributed by atoms with van der Waals surface area (Å²) in [4.78, 5) is 25.6. The summed E-state index contributed by atoms with van der Waals surface area (Å²) in [6, 6.07) is 5.08. The molecule has 102 valence electrons. The van der Waals surface area contributed by atoms with E-state index in [0.717, 1.165) is 4.47 Å². The Kier molecular flexibility index (Phi) is 3.06. The van der Waals surface area contributed by atoms with Crippen LogP contribution >= 0.6 is 15.9 Å². The summed E-state index contributed by atoms with van der Waals surface area (Å²) in [5.74, 6) is -0.538. The molecule has 0 radical (unpaired) electrons. The molecule has 0 atom stereocenters. The average Bonchev–Trinajstić information content (AvgIpc) is 2.92. The van der Waals surface area contributed by atoms with Gasteiger partial charge in [0.2, 0.25) is 0 Å². The molecule has 2 amide bonds. The Morgan fingerprint density at radius 1 is 1.15 bits per heavy atom. The number of amides is 2. The monoisotopic (exact) mass is 334 g/mol. The first-order chi connectivity index (χ1) is 9.56. The van der Waals surface area contributed by atoms with Gasteiger partial charge in [-0.25, -0.2) is 0 Å². The molecule has 2 aromatic rings. The molecule has 0 bridgehead atoms. The van der Waals surface area contributed by atoms with E-state index in [9.17, 15) is 9.59 Å². The molecular formula is C13H11BrN4O2. The van der Waals surface area contributed by atoms with Gasteiger partial charge in [-0.05, 0) is 18.2 Å². The standard InChI is InChI=1S/C13H11BrN4O2/c14-8-1-2-10-11(5-8)13(20)18(12(10)19)4-3-17-7-9(15)6-16-17/h1-2,5-7H,3-4,15H2. The zero-order valence-corrected chi connectivity index (χ0v) is 12.0. The van der Waals surface area contributed by atoms with Gasteiger partial charge in [-0.1, -0.05) is 15.9 Å². The van der Waals surface area contributed by atoms with E-state index in [1.54, 1.807) is 29.1 Å². The van der Waals surface area contributed by atoms with E-state index in [0.29, 0.717) is 23.4 Å². The Balaban J connectivity index is 1.79. The van der Waals surface area contributed by atoms with Crippen molar-refractivity contribution in [1.29, 1.82) is 0 Å². The van der Waals surface area contributed by atoms with Crippen molar-refractivity contribution in [2.45, 2.75) is 6.54 Å². The minimum atomic E-state index is -0.272. The fraction of sp³-hybridized carbons (Fsp3) is 0.154. The molecule has 3 rings (SSSR count). The van der Waals surface area contributed by atoms with Crippen LogP contribution in [0.3, 0.4) is 0 Å². The summed E-state index contributed by atoms with van der Waals surface area (Å²) >= 11 is 3.30. The van der Waals surface area contributed by atoms with Crippen molar-refractivity contribution in [2.24, 2.45) is 0 Å². The number of rotatable bonds is 3. The molecule has 1 aromatic carbocycles. The number of hydrogen-bond acceptors (Lipinski definition) is 4. The number of fused-ring (bicyclic) bond motifs is 1. The molecule has 2 heterocycles. The van der Waals surface area contributed by atoms with E-state index in [2.05, 4.69) is 21.0 Å². The van der Waals surface area contributed by atoms with Crippen molar-refractivity contribution in [3.05, 3.63) is 46.2 Å². The van der Waals surface area contributed by atoms with E-state index in [-0.39, 0.29) is 18.4 Å². The van der Waals surface area contributed by atoms with Gasteiger partial charge in [0.15, 0.2) is 0 Å². The number of halogens is 1. The maximum absolute atomic E-state index is 12.2. The van der Waals surface area contributed by atoms with Crippen LogP contribution in [-0.2, 0) is 6.54 Å². The number of carbonyl (C=O) groups is 2. The van der Waals surface area contributed by atoms with E-state index in [1.165, 1.54) is 11.1 Å². The minimum Gasteiger partial charge on any atom is -0.396 e. The molecule has 6 nitrogen and oxygen atoms in total. The van der Waals surface area contributed by atoms with Gasteiger partial charge in [-0.2, -0.15) is 5.10 Å². The summed E-state index contributed by atoms with van der Waals surface area (Å²) in [6.45, 7) is 0.689. The minimum absolute atomic E-state index is 0.266. The Bertz CT molecular complexity index is 710. The maximum Gasteiger partial charge on any atom is 0.261 e. The predicted molar refractivity (Wildman–Crippen MR) is 76.1 cm³/mol. The van der Waals surface area contributed by atoms with Crippen LogP contribution in [0.4, 0.5) is 5.69 Å². The molecule has 7 heteroatoms. The number of nitrogens with zero attached hydrogens (tertiary/aromatic N) is 3. The summed E-state index contributed by atoms with van der Waals surface area (Å²) in [7, 11) is 0. The topological polar surface area (TPSA) is 81.2 Å². The Morgan fingerprint density at radius 2 is 1.90 bits per heavy atom. The van der Waals surface area contributed by atoms with Crippen molar-refractivity contribution >= 4 is 33.4 Å². The molecule has 1 aliphatic heterocycles. The third kappa shape index (κ3) is 2.09. The van der Waals surface area contributed by atoms with E-state index >= 15 is 0 Å². The van der Waals surface area contributed by atoms with Crippen molar-refractivity contribution in [3.63, 3.8) is 0 Å². The third-order valence-corrected chi connectivity index (χ3v) is 3.63. The molecule has 0 spiro atoms. The van der Waals surface area contributed by atoms with Crippen LogP contribution in [0, 0.1) is 0 Å². The first kappa shape index (κ1) is 12.9. The lowest BCUT2D eigenvalue weighted by molar-refractivity contribution is 0.0647. The number of nitrogen functional groups attached to an aromatic ring is 1. The second kappa shape index (κ2) is 4.75. The predicted octanol–water partition coefficient (Wildman–Crippen LogP) is 1.52. The van der Waals surface area contributed by atoms with Gasteiger partial charge < -0.3 is 5.73 Å². The number of aromatic nitrogens is 2. The van der Waals surface area contributed by atoms with Gasteiger partial charge >= 0.3 is 0 Å². The maximum atomic E-state index is 12.2. The van der Waals surface area contributed by atoms with Crippen molar-refractivity contribution in [2.75, 3.05) is 12.3 Å². The lowest BCUT2D eigenvalue weighted by Gasteiger charge is -2.13. The molecule has 1 aromatic heterocycles. The molecular weight excluding hydrogens is 324 g/mol. The van der Waals surface area contributed by atoms with Crippen LogP contribution in [0.2, 0.25) is 0 Å². The fourth-order valence-corrected chi connectivity index (χ4v) is 2.53. The van der Waals surface area contributed by atoms with Gasteiger partial charge in [0, 0.05) is 17.2 Å². The van der Waals surface area contributed by atoms with Gasteiger partial charge in [0.05, 0.1) is 29.6 Å². The van der Waals surface area contributed by atoms with Gasteiger partial charge in [0.1, 0.15) is 0 Å². The van der Waals surface area contributed by atoms with E-state index in [1.807, 2.05) is 0 Å². The first-order valence-electron chi connectivity index (χ1n) is 6.00. The number of hydrogen-bond donors (Lipinski definition) is 1. The lowest BCUT2D eigenvalue weighted by Crippen LogP contribution is -2.33. The van der Waals surface area contributed by atoms with Gasteiger partial charge in [0.25, 0.3) is 11.8 Å². The highest BCUT2D eigenvalue weighted by Crippen LogP contribution is 2.25. The van der Waals surface area contributed by atoms with E-state index < -0.39 is 0 Å². The van der Waals surface area contributed by atoms with Crippen molar-refractivity contribution in [3.8, 4) is 0 Å². The Morgan fingerprint density at radius 3 is 2.60 bits per heavy atom. The second-order valence-electron chi connectivity index (χ2n) is 4.49. The van der Waals surface area contributed by atoms with E-state index in [4.69, 9.17) is 5.73 Å². The van der Waals surface area contributed by atoms with Crippen LogP contribution in [0.25, 0.3) is 0 Å². The molecule has 20 heavy (non-hydrogen) atoms. The molecule has 1 aliphatic rings. The number of imide groups is 1. The highest BCUT2D eigenvalue weighted by Gasteiger charge is 2.35. The van der Waals surface area contributed by atoms with Crippen LogP contribution in [0.5, 0.6) is 0 Å². The average molecular weight is 335 g/mol. The molecule has 0 aliphatic carbocycles. The fourth-order valence-electron chi connectivity index (χ4n) is 2.17. The number of benzene rings is 1. The lowest BCUT2D eigenvalue weighted by atomic mass is 10.1. The van der Waals surface area contributed by atoms with Gasteiger partial charge in [-0.3, -0.25) is 19.2 Å². The van der Waals surface area contributed by atoms with Crippen molar-refractivity contribution < 1.29 is 9.59 Å². The smallest absolute Gasteiger partial charge is 0.261 e. The number of anilines is 1. The van der Waals surface area contributed by atoms with Crippen LogP contribution in [0.15, 0.2) is 35.1 Å². The molecule has 0 unspecified atom stereocenters. The summed E-state index contributed by atoms with van der Waals surface area (Å²) in [5, 5.41) is 4.02. The van der Waals surface area contributed by atoms with Crippen LogP contribution in [0.1, 0.15) is 20.7 Å². The highest BCUT2D eigenvalue weighted by molar-refractivity contribution is 9.10. The Labute approximate surface area is 123 Å². The molecule has 0 saturated heterocycles. The zero-order valence-electron chi connectivity index (χ0n) is 10.4. The normalized spacial score (nSPS) is 13.9. The Hall–Kier alpha value is -2.15. The summed E-state index contributed by atoms with van der Waals surface area (Å²) < 4.78 is 2.38. The van der Waals surface area contributed by atoms with Crippen LogP contribution < -0.4 is 5.73 Å². The molecule has 0 saturated carbocycles. The third-order valence-electron chi connectivity index (χ3n) is 3.14. The highest BCUT2D eigenvalue weighted by atomic mass is 79.9. The number of carbonyl (C=O) groups excluding carboxylic acids is 2. The molecule has 0 fully saturated rings. The zero-order chi connectivity index (χ0) is 14.3. The summed E-state index contributed by atoms with van der Waals surface area (Å²) in [5.41, 5.74) is 7.00. The largest absolute Gasteiger partial charge is 0.396 e. The SMILES string of the molecule is Nc1cnn(CCN2C(=O)c3ccc(Br)cc3C2=O)c1. The number of nitrogens with two attached hydrogens (primary N) is 1. The van der Waals surface area contributed by atoms with Gasteiger partial charge in [-0.15, -0.1) is 0 Å². The summed E-state index contributed by atoms with van der Waals surface area (Å²) in [6.07, 6.45) is 3.19.